The monoisotopic (exact) mass is 286 g/mol. The third-order valence-electron chi connectivity index (χ3n) is 2.25. The predicted molar refractivity (Wildman–Crippen MR) is 60.6 cm³/mol. The molecular formula is C12H9BrF2O. The molecular weight excluding hydrogens is 278 g/mol. The van der Waals surface area contributed by atoms with E-state index in [1.54, 1.807) is 12.1 Å². The highest BCUT2D eigenvalue weighted by molar-refractivity contribution is 9.09. The number of rotatable bonds is 2. The van der Waals surface area contributed by atoms with Crippen molar-refractivity contribution >= 4 is 15.9 Å². The van der Waals surface area contributed by atoms with Crippen molar-refractivity contribution in [2.24, 2.45) is 0 Å². The van der Waals surface area contributed by atoms with E-state index in [4.69, 9.17) is 4.42 Å². The molecule has 4 heteroatoms. The summed E-state index contributed by atoms with van der Waals surface area (Å²) in [5.74, 6) is 0.178. The van der Waals surface area contributed by atoms with Crippen LogP contribution in [0.4, 0.5) is 8.78 Å². The first-order valence-electron chi connectivity index (χ1n) is 4.73. The van der Waals surface area contributed by atoms with Crippen molar-refractivity contribution in [2.75, 3.05) is 0 Å². The molecule has 1 heterocycles. The summed E-state index contributed by atoms with van der Waals surface area (Å²) in [6.45, 7) is 1.81. The molecule has 0 radical (unpaired) electrons. The minimum Gasteiger partial charge on any atom is -0.465 e. The topological polar surface area (TPSA) is 13.1 Å². The molecule has 0 spiro atoms. The van der Waals surface area contributed by atoms with Gasteiger partial charge in [0.2, 0.25) is 0 Å². The molecule has 16 heavy (non-hydrogen) atoms. The largest absolute Gasteiger partial charge is 0.465 e. The fourth-order valence-electron chi connectivity index (χ4n) is 1.45. The Hall–Kier alpha value is -1.16. The Morgan fingerprint density at radius 1 is 1.19 bits per heavy atom. The molecule has 1 aromatic carbocycles. The smallest absolute Gasteiger partial charge is 0.130 e. The Morgan fingerprint density at radius 2 is 1.94 bits per heavy atom. The molecule has 0 bridgehead atoms. The van der Waals surface area contributed by atoms with Crippen LogP contribution in [0.5, 0.6) is 0 Å². The van der Waals surface area contributed by atoms with Crippen LogP contribution in [0.15, 0.2) is 34.7 Å². The van der Waals surface area contributed by atoms with E-state index in [1.165, 1.54) is 12.1 Å². The summed E-state index contributed by atoms with van der Waals surface area (Å²) in [5.41, 5.74) is 0.357. The van der Waals surface area contributed by atoms with Gasteiger partial charge in [0.25, 0.3) is 0 Å². The van der Waals surface area contributed by atoms with Crippen LogP contribution >= 0.6 is 15.9 Å². The van der Waals surface area contributed by atoms with Gasteiger partial charge in [0, 0.05) is 11.6 Å². The fourth-order valence-corrected chi connectivity index (χ4v) is 2.07. The first-order chi connectivity index (χ1) is 7.58. The summed E-state index contributed by atoms with van der Waals surface area (Å²) < 4.78 is 31.6. The Kier molecular flexibility index (Phi) is 3.10. The van der Waals surface area contributed by atoms with Crippen LogP contribution in [0.1, 0.15) is 21.9 Å². The van der Waals surface area contributed by atoms with E-state index in [0.717, 1.165) is 11.8 Å². The van der Waals surface area contributed by atoms with E-state index in [2.05, 4.69) is 15.9 Å². The van der Waals surface area contributed by atoms with Crippen LogP contribution in [0, 0.1) is 18.6 Å². The SMILES string of the molecule is Cc1ccc(C(Br)c2ccc(F)cc2F)o1. The number of benzene rings is 1. The lowest BCUT2D eigenvalue weighted by Crippen LogP contribution is -1.95. The van der Waals surface area contributed by atoms with Gasteiger partial charge in [0.15, 0.2) is 0 Å². The van der Waals surface area contributed by atoms with Gasteiger partial charge in [-0.3, -0.25) is 0 Å². The van der Waals surface area contributed by atoms with Crippen molar-refractivity contribution in [3.63, 3.8) is 0 Å². The van der Waals surface area contributed by atoms with Crippen LogP contribution in [-0.2, 0) is 0 Å². The summed E-state index contributed by atoms with van der Waals surface area (Å²) >= 11 is 3.33. The zero-order valence-corrected chi connectivity index (χ0v) is 10.1. The van der Waals surface area contributed by atoms with Crippen molar-refractivity contribution in [3.8, 4) is 0 Å². The van der Waals surface area contributed by atoms with E-state index in [0.29, 0.717) is 11.3 Å². The lowest BCUT2D eigenvalue weighted by molar-refractivity contribution is 0.486. The number of halogens is 3. The zero-order chi connectivity index (χ0) is 11.7. The highest BCUT2D eigenvalue weighted by Gasteiger charge is 2.18. The summed E-state index contributed by atoms with van der Waals surface area (Å²) in [6, 6.07) is 7.05. The molecule has 0 fully saturated rings. The molecule has 1 unspecified atom stereocenters. The normalized spacial score (nSPS) is 12.8. The van der Waals surface area contributed by atoms with Gasteiger partial charge in [-0.2, -0.15) is 0 Å². The minimum absolute atomic E-state index is 0.357. The lowest BCUT2D eigenvalue weighted by atomic mass is 10.1. The average molecular weight is 287 g/mol. The van der Waals surface area contributed by atoms with Gasteiger partial charge in [-0.15, -0.1) is 0 Å². The molecule has 84 valence electrons. The molecule has 2 rings (SSSR count). The van der Waals surface area contributed by atoms with Crippen molar-refractivity contribution < 1.29 is 13.2 Å². The molecule has 0 aliphatic heterocycles. The molecule has 1 atom stereocenters. The summed E-state index contributed by atoms with van der Waals surface area (Å²) in [7, 11) is 0. The summed E-state index contributed by atoms with van der Waals surface area (Å²) in [4.78, 5) is -0.401. The van der Waals surface area contributed by atoms with Crippen molar-refractivity contribution in [3.05, 3.63) is 59.1 Å². The first kappa shape index (κ1) is 11.3. The Morgan fingerprint density at radius 3 is 2.50 bits per heavy atom. The molecule has 0 amide bonds. The van der Waals surface area contributed by atoms with Gasteiger partial charge in [-0.25, -0.2) is 8.78 Å². The molecule has 0 saturated carbocycles. The van der Waals surface area contributed by atoms with Crippen molar-refractivity contribution in [1.29, 1.82) is 0 Å². The second kappa shape index (κ2) is 4.37. The third-order valence-corrected chi connectivity index (χ3v) is 3.19. The first-order valence-corrected chi connectivity index (χ1v) is 5.65. The minimum atomic E-state index is -0.587. The maximum absolute atomic E-state index is 13.5. The van der Waals surface area contributed by atoms with E-state index >= 15 is 0 Å². The van der Waals surface area contributed by atoms with E-state index in [9.17, 15) is 8.78 Å². The Labute approximate surface area is 100 Å². The Balaban J connectivity index is 2.37. The van der Waals surface area contributed by atoms with Gasteiger partial charge in [-0.05, 0) is 25.1 Å². The van der Waals surface area contributed by atoms with Crippen LogP contribution in [0.25, 0.3) is 0 Å². The third kappa shape index (κ3) is 2.16. The van der Waals surface area contributed by atoms with E-state index < -0.39 is 16.5 Å². The Bertz CT molecular complexity index is 507. The van der Waals surface area contributed by atoms with Gasteiger partial charge in [0.05, 0.1) is 0 Å². The molecule has 0 N–H and O–H groups in total. The predicted octanol–water partition coefficient (Wildman–Crippen LogP) is 4.35. The number of alkyl halides is 1. The molecule has 0 aliphatic carbocycles. The number of aryl methyl sites for hydroxylation is 1. The lowest BCUT2D eigenvalue weighted by Gasteiger charge is -2.08. The maximum atomic E-state index is 13.5. The van der Waals surface area contributed by atoms with Crippen molar-refractivity contribution in [2.45, 2.75) is 11.8 Å². The van der Waals surface area contributed by atoms with Gasteiger partial charge < -0.3 is 4.42 Å². The molecule has 0 saturated heterocycles. The van der Waals surface area contributed by atoms with Crippen LogP contribution in [-0.4, -0.2) is 0 Å². The van der Waals surface area contributed by atoms with E-state index in [1.807, 2.05) is 6.92 Å². The number of hydrogen-bond donors (Lipinski definition) is 0. The van der Waals surface area contributed by atoms with Crippen LogP contribution < -0.4 is 0 Å². The molecule has 0 aliphatic rings. The molecule has 1 aromatic heterocycles. The highest BCUT2D eigenvalue weighted by Crippen LogP contribution is 2.33. The average Bonchev–Trinajstić information content (AvgIpc) is 2.64. The summed E-state index contributed by atoms with van der Waals surface area (Å²) in [5, 5.41) is 0. The van der Waals surface area contributed by atoms with Crippen LogP contribution in [0.2, 0.25) is 0 Å². The van der Waals surface area contributed by atoms with Gasteiger partial charge in [-0.1, -0.05) is 22.0 Å². The second-order valence-corrected chi connectivity index (χ2v) is 4.39. The van der Waals surface area contributed by atoms with E-state index in [-0.39, 0.29) is 0 Å². The summed E-state index contributed by atoms with van der Waals surface area (Å²) in [6.07, 6.45) is 0. The maximum Gasteiger partial charge on any atom is 0.130 e. The standard InChI is InChI=1S/C12H9BrF2O/c1-7-2-5-11(16-7)12(13)9-4-3-8(14)6-10(9)15/h2-6,12H,1H3. The number of hydrogen-bond acceptors (Lipinski definition) is 1. The fraction of sp³-hybridized carbons (Fsp3) is 0.167. The number of furan rings is 1. The van der Waals surface area contributed by atoms with Gasteiger partial charge in [0.1, 0.15) is 28.0 Å². The zero-order valence-electron chi connectivity index (χ0n) is 8.51. The molecule has 1 nitrogen and oxygen atoms in total. The van der Waals surface area contributed by atoms with Gasteiger partial charge >= 0.3 is 0 Å². The van der Waals surface area contributed by atoms with Crippen LogP contribution in [0.3, 0.4) is 0 Å². The second-order valence-electron chi connectivity index (χ2n) is 3.48. The highest BCUT2D eigenvalue weighted by atomic mass is 79.9. The quantitative estimate of drug-likeness (QED) is 0.748. The van der Waals surface area contributed by atoms with Crippen molar-refractivity contribution in [1.82, 2.24) is 0 Å². The molecule has 2 aromatic rings.